The number of nitrogens with zero attached hydrogens (tertiary/aromatic N) is 3. The summed E-state index contributed by atoms with van der Waals surface area (Å²) in [5.74, 6) is 0.940. The maximum Gasteiger partial charge on any atom is 0.320 e. The molecular weight excluding hydrogens is 316 g/mol. The van der Waals surface area contributed by atoms with Gasteiger partial charge in [-0.25, -0.2) is 14.8 Å². The largest absolute Gasteiger partial charge is 0.357 e. The second kappa shape index (κ2) is 6.72. The summed E-state index contributed by atoms with van der Waals surface area (Å²) < 4.78 is 0. The molecule has 2 amide bonds. The van der Waals surface area contributed by atoms with Gasteiger partial charge in [0.05, 0.1) is 0 Å². The lowest BCUT2D eigenvalue weighted by molar-refractivity contribution is 0.254. The molecule has 0 unspecified atom stereocenters. The van der Waals surface area contributed by atoms with Crippen LogP contribution in [0.25, 0.3) is 22.2 Å². The van der Waals surface area contributed by atoms with Gasteiger partial charge >= 0.3 is 6.03 Å². The average Bonchev–Trinajstić information content (AvgIpc) is 2.61. The Kier molecular flexibility index (Phi) is 4.47. The van der Waals surface area contributed by atoms with Crippen LogP contribution in [-0.2, 0) is 0 Å². The van der Waals surface area contributed by atoms with Gasteiger partial charge in [-0.2, -0.15) is 4.98 Å². The standard InChI is InChI=1S/C18H20N6O/c1-10-6-5-7-11(2)14(10)13-8-12-9-21-17(19-3)23-15(12)22-16(13)24-18(25)20-4/h5-9H,1-4H3,(H3,19,20,21,22,23,24,25). The van der Waals surface area contributed by atoms with Crippen molar-refractivity contribution in [3.05, 3.63) is 41.6 Å². The van der Waals surface area contributed by atoms with Crippen LogP contribution in [0.3, 0.4) is 0 Å². The first kappa shape index (κ1) is 16.6. The molecule has 3 aromatic rings. The first-order valence-corrected chi connectivity index (χ1v) is 7.94. The molecule has 128 valence electrons. The zero-order valence-corrected chi connectivity index (χ0v) is 14.6. The van der Waals surface area contributed by atoms with Gasteiger partial charge in [0.15, 0.2) is 5.65 Å². The number of carbonyl (C=O) groups excluding carboxylic acids is 1. The van der Waals surface area contributed by atoms with Crippen LogP contribution in [0.15, 0.2) is 30.5 Å². The Morgan fingerprint density at radius 1 is 1.08 bits per heavy atom. The molecule has 1 aromatic carbocycles. The number of anilines is 2. The van der Waals surface area contributed by atoms with Gasteiger partial charge in [0, 0.05) is 31.2 Å². The van der Waals surface area contributed by atoms with Crippen molar-refractivity contribution in [3.63, 3.8) is 0 Å². The smallest absolute Gasteiger partial charge is 0.320 e. The highest BCUT2D eigenvalue weighted by Gasteiger charge is 2.16. The van der Waals surface area contributed by atoms with E-state index in [0.29, 0.717) is 17.4 Å². The molecule has 0 saturated carbocycles. The molecule has 3 N–H and O–H groups in total. The number of amides is 2. The molecule has 2 heterocycles. The fourth-order valence-electron chi connectivity index (χ4n) is 2.78. The molecule has 0 saturated heterocycles. The molecular formula is C18H20N6O. The Balaban J connectivity index is 2.28. The summed E-state index contributed by atoms with van der Waals surface area (Å²) in [5.41, 5.74) is 4.61. The number of benzene rings is 1. The maximum absolute atomic E-state index is 11.9. The highest BCUT2D eigenvalue weighted by atomic mass is 16.2. The van der Waals surface area contributed by atoms with E-state index in [1.165, 1.54) is 0 Å². The molecule has 0 aliphatic carbocycles. The van der Waals surface area contributed by atoms with Crippen LogP contribution in [0.4, 0.5) is 16.6 Å². The molecule has 25 heavy (non-hydrogen) atoms. The lowest BCUT2D eigenvalue weighted by Crippen LogP contribution is -2.25. The molecule has 0 aliphatic heterocycles. The zero-order valence-electron chi connectivity index (χ0n) is 14.6. The summed E-state index contributed by atoms with van der Waals surface area (Å²) in [6.45, 7) is 4.08. The number of pyridine rings is 1. The van der Waals surface area contributed by atoms with E-state index in [-0.39, 0.29) is 6.03 Å². The minimum Gasteiger partial charge on any atom is -0.357 e. The third-order valence-corrected chi connectivity index (χ3v) is 4.00. The van der Waals surface area contributed by atoms with Gasteiger partial charge < -0.3 is 10.6 Å². The molecule has 0 fully saturated rings. The van der Waals surface area contributed by atoms with Crippen molar-refractivity contribution in [2.45, 2.75) is 13.8 Å². The zero-order chi connectivity index (χ0) is 18.0. The molecule has 0 atom stereocenters. The van der Waals surface area contributed by atoms with Crippen LogP contribution in [0, 0.1) is 13.8 Å². The van der Waals surface area contributed by atoms with Gasteiger partial charge in [0.1, 0.15) is 5.82 Å². The number of fused-ring (bicyclic) bond motifs is 1. The number of aryl methyl sites for hydroxylation is 2. The van der Waals surface area contributed by atoms with Crippen molar-refractivity contribution < 1.29 is 4.79 Å². The number of carbonyl (C=O) groups is 1. The van der Waals surface area contributed by atoms with Gasteiger partial charge in [-0.3, -0.25) is 5.32 Å². The second-order valence-corrected chi connectivity index (χ2v) is 5.71. The highest BCUT2D eigenvalue weighted by molar-refractivity contribution is 5.97. The summed E-state index contributed by atoms with van der Waals surface area (Å²) >= 11 is 0. The van der Waals surface area contributed by atoms with Crippen LogP contribution in [-0.4, -0.2) is 35.1 Å². The Hall–Kier alpha value is -3.22. The number of urea groups is 1. The summed E-state index contributed by atoms with van der Waals surface area (Å²) in [4.78, 5) is 25.1. The summed E-state index contributed by atoms with van der Waals surface area (Å²) in [7, 11) is 3.31. The van der Waals surface area contributed by atoms with E-state index in [1.54, 1.807) is 20.3 Å². The molecule has 7 heteroatoms. The van der Waals surface area contributed by atoms with Gasteiger partial charge in [0.2, 0.25) is 5.95 Å². The second-order valence-electron chi connectivity index (χ2n) is 5.71. The summed E-state index contributed by atoms with van der Waals surface area (Å²) in [5, 5.41) is 9.06. The summed E-state index contributed by atoms with van der Waals surface area (Å²) in [6.07, 6.45) is 1.72. The van der Waals surface area contributed by atoms with E-state index in [4.69, 9.17) is 0 Å². The highest BCUT2D eigenvalue weighted by Crippen LogP contribution is 2.34. The third-order valence-electron chi connectivity index (χ3n) is 4.00. The number of nitrogens with one attached hydrogen (secondary N) is 3. The Morgan fingerprint density at radius 2 is 1.80 bits per heavy atom. The number of hydrogen-bond acceptors (Lipinski definition) is 5. The first-order chi connectivity index (χ1) is 12.0. The predicted octanol–water partition coefficient (Wildman–Crippen LogP) is 3.10. The van der Waals surface area contributed by atoms with Gasteiger partial charge in [-0.05, 0) is 36.6 Å². The average molecular weight is 336 g/mol. The fourth-order valence-corrected chi connectivity index (χ4v) is 2.78. The normalized spacial score (nSPS) is 10.6. The van der Waals surface area contributed by atoms with E-state index < -0.39 is 0 Å². The molecule has 0 radical (unpaired) electrons. The van der Waals surface area contributed by atoms with E-state index in [2.05, 4.69) is 30.9 Å². The number of aromatic nitrogens is 3. The minimum absolute atomic E-state index is 0.331. The van der Waals surface area contributed by atoms with E-state index in [9.17, 15) is 4.79 Å². The molecule has 2 aromatic heterocycles. The van der Waals surface area contributed by atoms with E-state index >= 15 is 0 Å². The first-order valence-electron chi connectivity index (χ1n) is 7.94. The predicted molar refractivity (Wildman–Crippen MR) is 99.9 cm³/mol. The quantitative estimate of drug-likeness (QED) is 0.683. The van der Waals surface area contributed by atoms with Crippen LogP contribution in [0.1, 0.15) is 11.1 Å². The number of rotatable bonds is 3. The van der Waals surface area contributed by atoms with Crippen LogP contribution < -0.4 is 16.0 Å². The SMILES string of the molecule is CNC(=O)Nc1nc2nc(NC)ncc2cc1-c1c(C)cccc1C. The van der Waals surface area contributed by atoms with Crippen LogP contribution in [0.2, 0.25) is 0 Å². The van der Waals surface area contributed by atoms with Gasteiger partial charge in [-0.15, -0.1) is 0 Å². The Bertz CT molecular complexity index is 933. The molecule has 3 rings (SSSR count). The number of hydrogen-bond donors (Lipinski definition) is 3. The Morgan fingerprint density at radius 3 is 2.44 bits per heavy atom. The van der Waals surface area contributed by atoms with Crippen LogP contribution >= 0.6 is 0 Å². The monoisotopic (exact) mass is 336 g/mol. The minimum atomic E-state index is -0.331. The molecule has 7 nitrogen and oxygen atoms in total. The van der Waals surface area contributed by atoms with E-state index in [1.807, 2.05) is 38.1 Å². The van der Waals surface area contributed by atoms with Crippen molar-refractivity contribution in [1.82, 2.24) is 20.3 Å². The molecule has 0 spiro atoms. The van der Waals surface area contributed by atoms with Gasteiger partial charge in [-0.1, -0.05) is 18.2 Å². The van der Waals surface area contributed by atoms with E-state index in [0.717, 1.165) is 27.6 Å². The van der Waals surface area contributed by atoms with Crippen molar-refractivity contribution >= 4 is 28.8 Å². The van der Waals surface area contributed by atoms with Crippen molar-refractivity contribution in [2.24, 2.45) is 0 Å². The molecule has 0 aliphatic rings. The van der Waals surface area contributed by atoms with Crippen molar-refractivity contribution in [1.29, 1.82) is 0 Å². The van der Waals surface area contributed by atoms with Crippen molar-refractivity contribution in [3.8, 4) is 11.1 Å². The topological polar surface area (TPSA) is 91.8 Å². The Labute approximate surface area is 145 Å². The van der Waals surface area contributed by atoms with Crippen molar-refractivity contribution in [2.75, 3.05) is 24.7 Å². The maximum atomic E-state index is 11.9. The fraction of sp³-hybridized carbons (Fsp3) is 0.222. The van der Waals surface area contributed by atoms with Crippen LogP contribution in [0.5, 0.6) is 0 Å². The summed E-state index contributed by atoms with van der Waals surface area (Å²) in [6, 6.07) is 7.72. The lowest BCUT2D eigenvalue weighted by Gasteiger charge is -2.15. The molecule has 0 bridgehead atoms. The van der Waals surface area contributed by atoms with Gasteiger partial charge in [0.25, 0.3) is 0 Å². The lowest BCUT2D eigenvalue weighted by atomic mass is 9.95. The third kappa shape index (κ3) is 3.21.